The lowest BCUT2D eigenvalue weighted by molar-refractivity contribution is 0.270. The monoisotopic (exact) mass is 226 g/mol. The fourth-order valence-corrected chi connectivity index (χ4v) is 2.42. The van der Waals surface area contributed by atoms with Crippen molar-refractivity contribution in [3.63, 3.8) is 0 Å². The fourth-order valence-electron chi connectivity index (χ4n) is 2.42. The number of hydrogen-bond donors (Lipinski definition) is 1. The Kier molecular flexibility index (Phi) is 7.06. The minimum absolute atomic E-state index is 0.667. The molecule has 1 aliphatic rings. The molecule has 0 aromatic heterocycles. The lowest BCUT2D eigenvalue weighted by Gasteiger charge is -2.23. The van der Waals surface area contributed by atoms with Crippen LogP contribution in [0.5, 0.6) is 0 Å². The number of rotatable bonds is 7. The van der Waals surface area contributed by atoms with Gasteiger partial charge in [0, 0.05) is 19.1 Å². The summed E-state index contributed by atoms with van der Waals surface area (Å²) in [6.45, 7) is 8.03. The van der Waals surface area contributed by atoms with Crippen LogP contribution in [0.3, 0.4) is 0 Å². The van der Waals surface area contributed by atoms with E-state index < -0.39 is 0 Å². The van der Waals surface area contributed by atoms with Crippen molar-refractivity contribution in [1.82, 2.24) is 10.2 Å². The molecular formula is C14H30N2. The van der Waals surface area contributed by atoms with Gasteiger partial charge in [-0.25, -0.2) is 0 Å². The first-order valence-electron chi connectivity index (χ1n) is 7.11. The molecule has 2 nitrogen and oxygen atoms in total. The van der Waals surface area contributed by atoms with E-state index >= 15 is 0 Å². The zero-order chi connectivity index (χ0) is 11.8. The smallest absolute Gasteiger partial charge is 0.0106 e. The van der Waals surface area contributed by atoms with E-state index in [1.807, 2.05) is 0 Å². The van der Waals surface area contributed by atoms with Crippen molar-refractivity contribution in [2.45, 2.75) is 58.4 Å². The van der Waals surface area contributed by atoms with Crippen LogP contribution in [0.2, 0.25) is 0 Å². The highest BCUT2D eigenvalue weighted by atomic mass is 15.1. The molecule has 1 aliphatic carbocycles. The largest absolute Gasteiger partial charge is 0.315 e. The SMILES string of the molecule is CC(C)N(C)CCNCCC1CCCCC1. The van der Waals surface area contributed by atoms with Gasteiger partial charge in [-0.3, -0.25) is 0 Å². The van der Waals surface area contributed by atoms with E-state index in [4.69, 9.17) is 0 Å². The van der Waals surface area contributed by atoms with Crippen molar-refractivity contribution >= 4 is 0 Å². The van der Waals surface area contributed by atoms with E-state index in [1.165, 1.54) is 51.6 Å². The molecule has 0 aromatic carbocycles. The molecule has 0 spiro atoms. The molecule has 1 saturated carbocycles. The summed E-state index contributed by atoms with van der Waals surface area (Å²) in [4.78, 5) is 2.40. The normalized spacial score (nSPS) is 18.6. The van der Waals surface area contributed by atoms with Gasteiger partial charge >= 0.3 is 0 Å². The fraction of sp³-hybridized carbons (Fsp3) is 1.00. The molecule has 0 saturated heterocycles. The van der Waals surface area contributed by atoms with Crippen LogP contribution in [0.1, 0.15) is 52.4 Å². The Morgan fingerprint density at radius 2 is 1.81 bits per heavy atom. The van der Waals surface area contributed by atoms with Crippen LogP contribution in [0.25, 0.3) is 0 Å². The second-order valence-electron chi connectivity index (χ2n) is 5.62. The number of hydrogen-bond acceptors (Lipinski definition) is 2. The summed E-state index contributed by atoms with van der Waals surface area (Å²) in [6, 6.07) is 0.667. The standard InChI is InChI=1S/C14H30N2/c1-13(2)16(3)12-11-15-10-9-14-7-5-4-6-8-14/h13-15H,4-12H2,1-3H3. The van der Waals surface area contributed by atoms with Gasteiger partial charge in [0.05, 0.1) is 0 Å². The van der Waals surface area contributed by atoms with Gasteiger partial charge in [0.25, 0.3) is 0 Å². The Bertz CT molecular complexity index is 162. The van der Waals surface area contributed by atoms with Crippen molar-refractivity contribution in [3.8, 4) is 0 Å². The van der Waals surface area contributed by atoms with E-state index in [9.17, 15) is 0 Å². The van der Waals surface area contributed by atoms with Crippen LogP contribution in [-0.2, 0) is 0 Å². The molecule has 1 rings (SSSR count). The second kappa shape index (κ2) is 8.08. The Hall–Kier alpha value is -0.0800. The van der Waals surface area contributed by atoms with Crippen molar-refractivity contribution in [2.24, 2.45) is 5.92 Å². The molecular weight excluding hydrogens is 196 g/mol. The van der Waals surface area contributed by atoms with Gasteiger partial charge in [-0.15, -0.1) is 0 Å². The quantitative estimate of drug-likeness (QED) is 0.672. The van der Waals surface area contributed by atoms with Crippen LogP contribution in [0, 0.1) is 5.92 Å². The maximum atomic E-state index is 3.58. The lowest BCUT2D eigenvalue weighted by Crippen LogP contribution is -2.34. The summed E-state index contributed by atoms with van der Waals surface area (Å²) >= 11 is 0. The molecule has 0 bridgehead atoms. The predicted octanol–water partition coefficient (Wildman–Crippen LogP) is 2.89. The van der Waals surface area contributed by atoms with Crippen molar-refractivity contribution < 1.29 is 0 Å². The minimum atomic E-state index is 0.667. The summed E-state index contributed by atoms with van der Waals surface area (Å²) in [6.07, 6.45) is 8.77. The van der Waals surface area contributed by atoms with Gasteiger partial charge in [-0.1, -0.05) is 32.1 Å². The molecule has 0 atom stereocenters. The maximum Gasteiger partial charge on any atom is 0.0106 e. The van der Waals surface area contributed by atoms with E-state index in [-0.39, 0.29) is 0 Å². The topological polar surface area (TPSA) is 15.3 Å². The molecule has 0 amide bonds. The summed E-state index contributed by atoms with van der Waals surface area (Å²) < 4.78 is 0. The third-order valence-corrected chi connectivity index (χ3v) is 3.98. The zero-order valence-electron chi connectivity index (χ0n) is 11.5. The van der Waals surface area contributed by atoms with E-state index in [2.05, 4.69) is 31.1 Å². The third-order valence-electron chi connectivity index (χ3n) is 3.98. The van der Waals surface area contributed by atoms with Crippen molar-refractivity contribution in [2.75, 3.05) is 26.7 Å². The Morgan fingerprint density at radius 1 is 1.12 bits per heavy atom. The minimum Gasteiger partial charge on any atom is -0.315 e. The Labute approximate surface area is 102 Å². The maximum absolute atomic E-state index is 3.58. The Morgan fingerprint density at radius 3 is 2.44 bits per heavy atom. The van der Waals surface area contributed by atoms with Crippen LogP contribution >= 0.6 is 0 Å². The molecule has 1 N–H and O–H groups in total. The molecule has 16 heavy (non-hydrogen) atoms. The van der Waals surface area contributed by atoms with Crippen LogP contribution in [0.4, 0.5) is 0 Å². The summed E-state index contributed by atoms with van der Waals surface area (Å²) in [7, 11) is 2.20. The first-order chi connectivity index (χ1) is 7.70. The van der Waals surface area contributed by atoms with Gasteiger partial charge in [0.1, 0.15) is 0 Å². The summed E-state index contributed by atoms with van der Waals surface area (Å²) in [5, 5.41) is 3.58. The van der Waals surface area contributed by atoms with Gasteiger partial charge in [0.15, 0.2) is 0 Å². The molecule has 96 valence electrons. The first-order valence-corrected chi connectivity index (χ1v) is 7.11. The van der Waals surface area contributed by atoms with Gasteiger partial charge in [0.2, 0.25) is 0 Å². The van der Waals surface area contributed by atoms with Gasteiger partial charge in [-0.05, 0) is 39.8 Å². The third kappa shape index (κ3) is 5.86. The molecule has 0 aliphatic heterocycles. The van der Waals surface area contributed by atoms with Crippen molar-refractivity contribution in [1.29, 1.82) is 0 Å². The highest BCUT2D eigenvalue weighted by Crippen LogP contribution is 2.25. The molecule has 1 fully saturated rings. The van der Waals surface area contributed by atoms with E-state index in [0.717, 1.165) is 12.5 Å². The number of likely N-dealkylation sites (N-methyl/N-ethyl adjacent to an activating group) is 1. The second-order valence-corrected chi connectivity index (χ2v) is 5.62. The zero-order valence-corrected chi connectivity index (χ0v) is 11.5. The molecule has 0 radical (unpaired) electrons. The molecule has 2 heteroatoms. The summed E-state index contributed by atoms with van der Waals surface area (Å²) in [5.41, 5.74) is 0. The molecule has 0 aromatic rings. The Balaban J connectivity index is 1.91. The highest BCUT2D eigenvalue weighted by molar-refractivity contribution is 4.67. The van der Waals surface area contributed by atoms with E-state index in [1.54, 1.807) is 0 Å². The average Bonchev–Trinajstić information content (AvgIpc) is 2.29. The lowest BCUT2D eigenvalue weighted by atomic mass is 9.87. The van der Waals surface area contributed by atoms with Crippen LogP contribution in [-0.4, -0.2) is 37.6 Å². The molecule has 0 unspecified atom stereocenters. The summed E-state index contributed by atoms with van der Waals surface area (Å²) in [5.74, 6) is 1.02. The number of nitrogens with one attached hydrogen (secondary N) is 1. The van der Waals surface area contributed by atoms with Crippen LogP contribution < -0.4 is 5.32 Å². The van der Waals surface area contributed by atoms with Crippen LogP contribution in [0.15, 0.2) is 0 Å². The number of nitrogens with zero attached hydrogens (tertiary/aromatic N) is 1. The first kappa shape index (κ1) is 14.0. The van der Waals surface area contributed by atoms with E-state index in [0.29, 0.717) is 6.04 Å². The van der Waals surface area contributed by atoms with Crippen molar-refractivity contribution in [3.05, 3.63) is 0 Å². The van der Waals surface area contributed by atoms with Gasteiger partial charge < -0.3 is 10.2 Å². The molecule has 0 heterocycles. The highest BCUT2D eigenvalue weighted by Gasteiger charge is 2.12. The average molecular weight is 226 g/mol. The predicted molar refractivity (Wildman–Crippen MR) is 71.8 cm³/mol. The van der Waals surface area contributed by atoms with Gasteiger partial charge in [-0.2, -0.15) is 0 Å².